The average molecular weight is 202 g/mol. The highest BCUT2D eigenvalue weighted by Gasteiger charge is 2.35. The first kappa shape index (κ1) is 9.30. The molecule has 1 aromatic heterocycles. The molecule has 0 spiro atoms. The predicted molar refractivity (Wildman–Crippen MR) is 45.6 cm³/mol. The van der Waals surface area contributed by atoms with E-state index in [0.717, 1.165) is 11.9 Å². The van der Waals surface area contributed by atoms with Crippen LogP contribution < -0.4 is 0 Å². The third-order valence-corrected chi connectivity index (χ3v) is 2.21. The number of rotatable bonds is 0. The Labute approximate surface area is 79.1 Å². The van der Waals surface area contributed by atoms with Gasteiger partial charge in [0, 0.05) is 18.8 Å². The van der Waals surface area contributed by atoms with Crippen molar-refractivity contribution < 1.29 is 13.2 Å². The van der Waals surface area contributed by atoms with Gasteiger partial charge in [-0.05, 0) is 13.3 Å². The third kappa shape index (κ3) is 1.54. The van der Waals surface area contributed by atoms with E-state index < -0.39 is 11.7 Å². The molecule has 0 radical (unpaired) electrons. The standard InChI is InChI=1S/C9H9F3N2/c1-6-4-14-5-7(9(10,11)12)2-3-8(14)13-6/h4-5H,2-3H2,1H3. The Morgan fingerprint density at radius 3 is 2.71 bits per heavy atom. The number of alkyl halides is 3. The summed E-state index contributed by atoms with van der Waals surface area (Å²) in [6.45, 7) is 1.77. The molecule has 1 aliphatic rings. The second-order valence-corrected chi connectivity index (χ2v) is 3.36. The van der Waals surface area contributed by atoms with Crippen molar-refractivity contribution in [3.8, 4) is 0 Å². The minimum Gasteiger partial charge on any atom is -0.310 e. The first-order chi connectivity index (χ1) is 6.47. The molecule has 0 N–H and O–H groups in total. The van der Waals surface area contributed by atoms with Gasteiger partial charge in [-0.15, -0.1) is 0 Å². The van der Waals surface area contributed by atoms with Gasteiger partial charge < -0.3 is 4.57 Å². The monoisotopic (exact) mass is 202 g/mol. The van der Waals surface area contributed by atoms with E-state index in [1.54, 1.807) is 13.1 Å². The number of hydrogen-bond donors (Lipinski definition) is 0. The summed E-state index contributed by atoms with van der Waals surface area (Å²) in [4.78, 5) is 4.12. The molecule has 2 rings (SSSR count). The number of aryl methyl sites for hydroxylation is 2. The second kappa shape index (κ2) is 2.87. The van der Waals surface area contributed by atoms with Crippen LogP contribution in [-0.2, 0) is 6.42 Å². The molecule has 2 heterocycles. The Kier molecular flexibility index (Phi) is 1.90. The zero-order valence-corrected chi connectivity index (χ0v) is 7.60. The first-order valence-corrected chi connectivity index (χ1v) is 4.29. The molecule has 0 unspecified atom stereocenters. The maximum atomic E-state index is 12.3. The van der Waals surface area contributed by atoms with Crippen molar-refractivity contribution in [2.24, 2.45) is 0 Å². The van der Waals surface area contributed by atoms with Gasteiger partial charge in [0.1, 0.15) is 5.82 Å². The maximum absolute atomic E-state index is 12.3. The Morgan fingerprint density at radius 2 is 2.07 bits per heavy atom. The number of hydrogen-bond acceptors (Lipinski definition) is 1. The summed E-state index contributed by atoms with van der Waals surface area (Å²) in [5.41, 5.74) is 0.266. The summed E-state index contributed by atoms with van der Waals surface area (Å²) in [6.07, 6.45) is -1.09. The Morgan fingerprint density at radius 1 is 1.36 bits per heavy atom. The van der Waals surface area contributed by atoms with E-state index in [9.17, 15) is 13.2 Å². The van der Waals surface area contributed by atoms with Gasteiger partial charge in [0.05, 0.1) is 11.3 Å². The molecular weight excluding hydrogens is 193 g/mol. The zero-order valence-electron chi connectivity index (χ0n) is 7.60. The maximum Gasteiger partial charge on any atom is 0.414 e. The van der Waals surface area contributed by atoms with E-state index in [4.69, 9.17) is 0 Å². The molecule has 0 aromatic carbocycles. The van der Waals surface area contributed by atoms with Gasteiger partial charge in [-0.3, -0.25) is 0 Å². The molecule has 0 aliphatic carbocycles. The molecular formula is C9H9F3N2. The molecule has 0 bridgehead atoms. The van der Waals surface area contributed by atoms with Crippen molar-refractivity contribution in [1.82, 2.24) is 9.55 Å². The van der Waals surface area contributed by atoms with Gasteiger partial charge in [-0.2, -0.15) is 13.2 Å². The lowest BCUT2D eigenvalue weighted by Crippen LogP contribution is -2.17. The van der Waals surface area contributed by atoms with Gasteiger partial charge >= 0.3 is 6.18 Å². The first-order valence-electron chi connectivity index (χ1n) is 4.29. The summed E-state index contributed by atoms with van der Waals surface area (Å²) < 4.78 is 38.5. The molecule has 76 valence electrons. The molecule has 2 nitrogen and oxygen atoms in total. The Hall–Kier alpha value is -1.26. The summed E-state index contributed by atoms with van der Waals surface area (Å²) >= 11 is 0. The van der Waals surface area contributed by atoms with Crippen LogP contribution in [0.3, 0.4) is 0 Å². The van der Waals surface area contributed by atoms with Crippen LogP contribution in [0.15, 0.2) is 11.8 Å². The number of aromatic nitrogens is 2. The van der Waals surface area contributed by atoms with Crippen LogP contribution in [0.1, 0.15) is 17.9 Å². The number of imidazole rings is 1. The molecule has 14 heavy (non-hydrogen) atoms. The number of fused-ring (bicyclic) bond motifs is 1. The normalized spacial score (nSPS) is 16.4. The highest BCUT2D eigenvalue weighted by Crippen LogP contribution is 2.32. The Bertz CT molecular complexity index is 387. The molecule has 1 aromatic rings. The minimum atomic E-state index is -4.21. The average Bonchev–Trinajstić information content (AvgIpc) is 2.41. The quantitative estimate of drug-likeness (QED) is 0.632. The summed E-state index contributed by atoms with van der Waals surface area (Å²) in [5.74, 6) is 0.704. The zero-order chi connectivity index (χ0) is 10.3. The predicted octanol–water partition coefficient (Wildman–Crippen LogP) is 2.54. The van der Waals surface area contributed by atoms with E-state index in [0.29, 0.717) is 12.2 Å². The van der Waals surface area contributed by atoms with Crippen molar-refractivity contribution in [1.29, 1.82) is 0 Å². The van der Waals surface area contributed by atoms with Crippen LogP contribution in [0.25, 0.3) is 6.20 Å². The summed E-state index contributed by atoms with van der Waals surface area (Å²) in [7, 11) is 0. The van der Waals surface area contributed by atoms with E-state index in [-0.39, 0.29) is 6.42 Å². The van der Waals surface area contributed by atoms with Gasteiger partial charge in [-0.1, -0.05) is 0 Å². The number of halogens is 3. The molecule has 0 amide bonds. The van der Waals surface area contributed by atoms with Crippen LogP contribution >= 0.6 is 0 Å². The lowest BCUT2D eigenvalue weighted by molar-refractivity contribution is -0.0935. The number of allylic oxidation sites excluding steroid dienone is 1. The highest BCUT2D eigenvalue weighted by atomic mass is 19.4. The molecule has 0 saturated carbocycles. The fourth-order valence-corrected chi connectivity index (χ4v) is 1.56. The Balaban J connectivity index is 2.40. The fourth-order valence-electron chi connectivity index (χ4n) is 1.56. The highest BCUT2D eigenvalue weighted by molar-refractivity contribution is 5.39. The van der Waals surface area contributed by atoms with Crippen molar-refractivity contribution >= 4 is 6.20 Å². The SMILES string of the molecule is Cc1cn2c(n1)CCC(C(F)(F)F)=C2. The van der Waals surface area contributed by atoms with Gasteiger partial charge in [-0.25, -0.2) is 4.98 Å². The van der Waals surface area contributed by atoms with Gasteiger partial charge in [0.2, 0.25) is 0 Å². The summed E-state index contributed by atoms with van der Waals surface area (Å²) in [6, 6.07) is 0. The molecule has 1 aliphatic heterocycles. The molecule has 0 saturated heterocycles. The second-order valence-electron chi connectivity index (χ2n) is 3.36. The van der Waals surface area contributed by atoms with E-state index in [1.807, 2.05) is 0 Å². The van der Waals surface area contributed by atoms with Crippen LogP contribution in [0, 0.1) is 6.92 Å². The molecule has 0 atom stereocenters. The largest absolute Gasteiger partial charge is 0.414 e. The van der Waals surface area contributed by atoms with Gasteiger partial charge in [0.25, 0.3) is 0 Å². The lowest BCUT2D eigenvalue weighted by Gasteiger charge is -2.16. The van der Waals surface area contributed by atoms with Crippen LogP contribution in [0.2, 0.25) is 0 Å². The van der Waals surface area contributed by atoms with Crippen LogP contribution in [-0.4, -0.2) is 15.7 Å². The van der Waals surface area contributed by atoms with E-state index >= 15 is 0 Å². The topological polar surface area (TPSA) is 17.8 Å². The fraction of sp³-hybridized carbons (Fsp3) is 0.444. The van der Waals surface area contributed by atoms with Crippen LogP contribution in [0.4, 0.5) is 13.2 Å². The smallest absolute Gasteiger partial charge is 0.310 e. The van der Waals surface area contributed by atoms with Crippen molar-refractivity contribution in [2.75, 3.05) is 0 Å². The van der Waals surface area contributed by atoms with E-state index in [1.165, 1.54) is 4.57 Å². The number of nitrogens with zero attached hydrogens (tertiary/aromatic N) is 2. The summed E-state index contributed by atoms with van der Waals surface area (Å²) in [5, 5.41) is 0. The molecule has 0 fully saturated rings. The third-order valence-electron chi connectivity index (χ3n) is 2.21. The van der Waals surface area contributed by atoms with Crippen molar-refractivity contribution in [3.63, 3.8) is 0 Å². The van der Waals surface area contributed by atoms with Crippen molar-refractivity contribution in [2.45, 2.75) is 25.9 Å². The molecule has 5 heteroatoms. The van der Waals surface area contributed by atoms with Crippen molar-refractivity contribution in [3.05, 3.63) is 23.3 Å². The lowest BCUT2D eigenvalue weighted by atomic mass is 10.1. The van der Waals surface area contributed by atoms with Crippen LogP contribution in [0.5, 0.6) is 0 Å². The van der Waals surface area contributed by atoms with Gasteiger partial charge in [0.15, 0.2) is 0 Å². The van der Waals surface area contributed by atoms with E-state index in [2.05, 4.69) is 4.98 Å². The minimum absolute atomic E-state index is 0.0277.